The van der Waals surface area contributed by atoms with Gasteiger partial charge in [0.1, 0.15) is 17.9 Å². The molecule has 0 spiro atoms. The second-order valence-electron chi connectivity index (χ2n) is 6.24. The molecule has 0 aliphatic heterocycles. The summed E-state index contributed by atoms with van der Waals surface area (Å²) in [6.45, 7) is 6.73. The maximum absolute atomic E-state index is 12.0. The first-order valence-corrected chi connectivity index (χ1v) is 8.80. The van der Waals surface area contributed by atoms with Crippen molar-refractivity contribution in [2.45, 2.75) is 33.6 Å². The van der Waals surface area contributed by atoms with E-state index in [1.165, 1.54) is 6.33 Å². The Hall–Kier alpha value is -3.23. The molecule has 3 aromatic rings. The van der Waals surface area contributed by atoms with Gasteiger partial charge in [0.15, 0.2) is 5.82 Å². The Morgan fingerprint density at radius 3 is 2.78 bits per heavy atom. The molecule has 0 aliphatic carbocycles. The van der Waals surface area contributed by atoms with Crippen molar-refractivity contribution in [1.82, 2.24) is 30.2 Å². The van der Waals surface area contributed by atoms with Crippen molar-refractivity contribution >= 4 is 11.7 Å². The summed E-state index contributed by atoms with van der Waals surface area (Å²) in [5.74, 6) is 2.13. The number of aryl methyl sites for hydroxylation is 3. The van der Waals surface area contributed by atoms with Gasteiger partial charge in [-0.3, -0.25) is 4.79 Å². The van der Waals surface area contributed by atoms with E-state index in [1.54, 1.807) is 4.68 Å². The number of aromatic nitrogens is 5. The predicted molar refractivity (Wildman–Crippen MR) is 99.7 cm³/mol. The van der Waals surface area contributed by atoms with Gasteiger partial charge in [0.2, 0.25) is 5.91 Å². The third kappa shape index (κ3) is 4.90. The van der Waals surface area contributed by atoms with Gasteiger partial charge in [0.25, 0.3) is 0 Å². The second kappa shape index (κ2) is 8.43. The third-order valence-corrected chi connectivity index (χ3v) is 4.15. The van der Waals surface area contributed by atoms with Gasteiger partial charge in [-0.1, -0.05) is 5.16 Å². The zero-order valence-corrected chi connectivity index (χ0v) is 15.7. The number of amides is 1. The first-order valence-electron chi connectivity index (χ1n) is 8.80. The van der Waals surface area contributed by atoms with Crippen LogP contribution >= 0.6 is 0 Å². The van der Waals surface area contributed by atoms with Crippen LogP contribution in [-0.4, -0.2) is 43.9 Å². The first kappa shape index (κ1) is 18.6. The fourth-order valence-corrected chi connectivity index (χ4v) is 2.69. The molecule has 3 rings (SSSR count). The second-order valence-corrected chi connectivity index (χ2v) is 6.24. The Kier molecular flexibility index (Phi) is 5.80. The van der Waals surface area contributed by atoms with Gasteiger partial charge >= 0.3 is 0 Å². The number of carbonyl (C=O) groups is 1. The number of anilines is 1. The molecule has 0 saturated heterocycles. The zero-order valence-electron chi connectivity index (χ0n) is 15.7. The lowest BCUT2D eigenvalue weighted by atomic mass is 10.1. The highest BCUT2D eigenvalue weighted by molar-refractivity contribution is 5.76. The molecule has 0 atom stereocenters. The SMILES string of the molecule is Cc1ccn(-c2cc(NCCNC(=O)CCc3c(C)noc3C)ncn2)n1. The topological polar surface area (TPSA) is 111 Å². The van der Waals surface area contributed by atoms with E-state index in [1.807, 2.05) is 39.1 Å². The third-order valence-electron chi connectivity index (χ3n) is 4.15. The molecule has 0 aromatic carbocycles. The summed E-state index contributed by atoms with van der Waals surface area (Å²) < 4.78 is 6.80. The minimum atomic E-state index is -0.00723. The smallest absolute Gasteiger partial charge is 0.220 e. The first-order chi connectivity index (χ1) is 13.0. The number of rotatable bonds is 8. The van der Waals surface area contributed by atoms with Crippen LogP contribution in [0.1, 0.15) is 29.1 Å². The lowest BCUT2D eigenvalue weighted by molar-refractivity contribution is -0.120. The van der Waals surface area contributed by atoms with E-state index < -0.39 is 0 Å². The van der Waals surface area contributed by atoms with Crippen LogP contribution in [0.5, 0.6) is 0 Å². The summed E-state index contributed by atoms with van der Waals surface area (Å²) in [4.78, 5) is 20.4. The van der Waals surface area contributed by atoms with E-state index in [4.69, 9.17) is 4.52 Å². The number of carbonyl (C=O) groups excluding carboxylic acids is 1. The fraction of sp³-hybridized carbons (Fsp3) is 0.389. The molecule has 9 heteroatoms. The zero-order chi connectivity index (χ0) is 19.2. The summed E-state index contributed by atoms with van der Waals surface area (Å²) in [7, 11) is 0. The number of nitrogens with one attached hydrogen (secondary N) is 2. The molecular weight excluding hydrogens is 346 g/mol. The normalized spacial score (nSPS) is 10.8. The molecule has 0 saturated carbocycles. The monoisotopic (exact) mass is 369 g/mol. The van der Waals surface area contributed by atoms with E-state index in [2.05, 4.69) is 30.9 Å². The average molecular weight is 369 g/mol. The standard InChI is InChI=1S/C18H23N7O2/c1-12-6-9-25(23-12)17-10-16(21-11-22-17)19-7-8-20-18(26)5-4-15-13(2)24-27-14(15)3/h6,9-11H,4-5,7-8H2,1-3H3,(H,20,26)(H,19,21,22). The Balaban J connectivity index is 1.42. The van der Waals surface area contributed by atoms with Crippen LogP contribution in [0.15, 0.2) is 29.2 Å². The van der Waals surface area contributed by atoms with Crippen molar-refractivity contribution in [2.24, 2.45) is 0 Å². The summed E-state index contributed by atoms with van der Waals surface area (Å²) >= 11 is 0. The molecule has 0 aliphatic rings. The number of hydrogen-bond acceptors (Lipinski definition) is 7. The minimum Gasteiger partial charge on any atom is -0.368 e. The van der Waals surface area contributed by atoms with Crippen LogP contribution in [0, 0.1) is 20.8 Å². The van der Waals surface area contributed by atoms with Crippen molar-refractivity contribution in [3.8, 4) is 5.82 Å². The molecule has 0 fully saturated rings. The van der Waals surface area contributed by atoms with Crippen molar-refractivity contribution in [3.05, 3.63) is 47.4 Å². The van der Waals surface area contributed by atoms with Crippen LogP contribution in [0.2, 0.25) is 0 Å². The van der Waals surface area contributed by atoms with Gasteiger partial charge in [0, 0.05) is 37.3 Å². The quantitative estimate of drug-likeness (QED) is 0.582. The van der Waals surface area contributed by atoms with Gasteiger partial charge in [0.05, 0.1) is 11.4 Å². The highest BCUT2D eigenvalue weighted by atomic mass is 16.5. The molecule has 3 aromatic heterocycles. The number of nitrogens with zero attached hydrogens (tertiary/aromatic N) is 5. The Bertz CT molecular complexity index is 897. The van der Waals surface area contributed by atoms with Crippen LogP contribution in [0.25, 0.3) is 5.82 Å². The molecule has 3 heterocycles. The number of hydrogen-bond donors (Lipinski definition) is 2. The summed E-state index contributed by atoms with van der Waals surface area (Å²) in [6, 6.07) is 3.72. The maximum atomic E-state index is 12.0. The lowest BCUT2D eigenvalue weighted by Crippen LogP contribution is -2.29. The van der Waals surface area contributed by atoms with Crippen LogP contribution < -0.4 is 10.6 Å². The average Bonchev–Trinajstić information content (AvgIpc) is 3.23. The van der Waals surface area contributed by atoms with E-state index in [-0.39, 0.29) is 5.91 Å². The predicted octanol–water partition coefficient (Wildman–Crippen LogP) is 1.74. The van der Waals surface area contributed by atoms with Crippen molar-refractivity contribution < 1.29 is 9.32 Å². The van der Waals surface area contributed by atoms with Crippen LogP contribution in [-0.2, 0) is 11.2 Å². The largest absolute Gasteiger partial charge is 0.368 e. The van der Waals surface area contributed by atoms with E-state index >= 15 is 0 Å². The highest BCUT2D eigenvalue weighted by Crippen LogP contribution is 2.14. The van der Waals surface area contributed by atoms with Gasteiger partial charge < -0.3 is 15.2 Å². The molecule has 1 amide bonds. The molecule has 9 nitrogen and oxygen atoms in total. The molecule has 0 unspecified atom stereocenters. The van der Waals surface area contributed by atoms with Crippen molar-refractivity contribution in [1.29, 1.82) is 0 Å². The van der Waals surface area contributed by atoms with Crippen LogP contribution in [0.4, 0.5) is 5.82 Å². The van der Waals surface area contributed by atoms with Gasteiger partial charge in [-0.05, 0) is 33.3 Å². The molecule has 27 heavy (non-hydrogen) atoms. The lowest BCUT2D eigenvalue weighted by Gasteiger charge is -2.08. The van der Waals surface area contributed by atoms with Gasteiger partial charge in [-0.15, -0.1) is 0 Å². The summed E-state index contributed by atoms with van der Waals surface area (Å²) in [5, 5.41) is 14.3. The Labute approximate surface area is 157 Å². The van der Waals surface area contributed by atoms with E-state index in [9.17, 15) is 4.79 Å². The molecule has 142 valence electrons. The highest BCUT2D eigenvalue weighted by Gasteiger charge is 2.11. The van der Waals surface area contributed by atoms with Crippen molar-refractivity contribution in [2.75, 3.05) is 18.4 Å². The molecule has 0 bridgehead atoms. The van der Waals surface area contributed by atoms with Gasteiger partial charge in [-0.2, -0.15) is 5.10 Å². The Morgan fingerprint density at radius 1 is 1.22 bits per heavy atom. The summed E-state index contributed by atoms with van der Waals surface area (Å²) in [6.07, 6.45) is 4.36. The van der Waals surface area contributed by atoms with E-state index in [0.717, 1.165) is 22.7 Å². The van der Waals surface area contributed by atoms with Gasteiger partial charge in [-0.25, -0.2) is 14.6 Å². The molecule has 0 radical (unpaired) electrons. The van der Waals surface area contributed by atoms with Crippen LogP contribution in [0.3, 0.4) is 0 Å². The minimum absolute atomic E-state index is 0.00723. The molecule has 2 N–H and O–H groups in total. The fourth-order valence-electron chi connectivity index (χ4n) is 2.69. The summed E-state index contributed by atoms with van der Waals surface area (Å²) in [5.41, 5.74) is 2.77. The molecular formula is C18H23N7O2. The Morgan fingerprint density at radius 2 is 2.07 bits per heavy atom. The van der Waals surface area contributed by atoms with E-state index in [0.29, 0.717) is 37.6 Å². The van der Waals surface area contributed by atoms with Crippen molar-refractivity contribution in [3.63, 3.8) is 0 Å². The maximum Gasteiger partial charge on any atom is 0.220 e.